The molecule has 0 fully saturated rings. The van der Waals surface area contributed by atoms with E-state index in [1.807, 2.05) is 0 Å². The van der Waals surface area contributed by atoms with Crippen LogP contribution in [0.15, 0.2) is 41.6 Å². The van der Waals surface area contributed by atoms with E-state index in [9.17, 15) is 21.6 Å². The van der Waals surface area contributed by atoms with E-state index in [2.05, 4.69) is 14.7 Å². The van der Waals surface area contributed by atoms with E-state index in [0.29, 0.717) is 17.9 Å². The molecule has 0 atom stereocenters. The van der Waals surface area contributed by atoms with E-state index in [1.54, 1.807) is 0 Å². The van der Waals surface area contributed by atoms with Gasteiger partial charge in [-0.2, -0.15) is 13.2 Å². The van der Waals surface area contributed by atoms with Gasteiger partial charge in [0.25, 0.3) is 10.0 Å². The van der Waals surface area contributed by atoms with E-state index in [0.717, 1.165) is 12.1 Å². The molecule has 0 unspecified atom stereocenters. The average Bonchev–Trinajstić information content (AvgIpc) is 2.47. The molecule has 1 heterocycles. The van der Waals surface area contributed by atoms with Crippen LogP contribution in [0.25, 0.3) is 0 Å². The van der Waals surface area contributed by atoms with Gasteiger partial charge in [0.2, 0.25) is 5.95 Å². The zero-order valence-electron chi connectivity index (χ0n) is 11.1. The Morgan fingerprint density at radius 1 is 1.09 bits per heavy atom. The van der Waals surface area contributed by atoms with Crippen LogP contribution in [0.2, 0.25) is 0 Å². The van der Waals surface area contributed by atoms with Gasteiger partial charge in [0.15, 0.2) is 5.75 Å². The summed E-state index contributed by atoms with van der Waals surface area (Å²) in [5.41, 5.74) is -0.938. The predicted octanol–water partition coefficient (Wildman–Crippen LogP) is 2.30. The molecule has 0 amide bonds. The molecule has 1 aromatic heterocycles. The van der Waals surface area contributed by atoms with Crippen molar-refractivity contribution in [3.63, 3.8) is 0 Å². The molecule has 0 radical (unpaired) electrons. The fourth-order valence-corrected chi connectivity index (χ4v) is 2.43. The number of ether oxygens (including phenoxy) is 1. The topological polar surface area (TPSA) is 81.2 Å². The number of nitrogens with one attached hydrogen (secondary N) is 1. The second-order valence-corrected chi connectivity index (χ2v) is 5.76. The van der Waals surface area contributed by atoms with Crippen molar-refractivity contribution in [3.05, 3.63) is 42.2 Å². The molecule has 0 aliphatic rings. The van der Waals surface area contributed by atoms with Crippen LogP contribution in [0.3, 0.4) is 0 Å². The molecule has 0 bridgehead atoms. The van der Waals surface area contributed by atoms with Crippen LogP contribution in [0.5, 0.6) is 5.75 Å². The smallest absolute Gasteiger partial charge is 0.416 e. The molecule has 0 aliphatic heterocycles. The summed E-state index contributed by atoms with van der Waals surface area (Å²) < 4.78 is 68.2. The van der Waals surface area contributed by atoms with Crippen molar-refractivity contribution in [3.8, 4) is 5.75 Å². The van der Waals surface area contributed by atoms with Gasteiger partial charge in [-0.1, -0.05) is 0 Å². The van der Waals surface area contributed by atoms with Crippen molar-refractivity contribution in [2.75, 3.05) is 11.8 Å². The summed E-state index contributed by atoms with van der Waals surface area (Å²) in [6.07, 6.45) is -2.04. The molecule has 1 aromatic carbocycles. The standard InChI is InChI=1S/C12H10F3N3O3S/c1-21-9-6-16-11(17-7-9)18-22(19,20)10-4-2-8(3-5-10)12(13,14)15/h2-7H,1H3,(H,16,17,18). The number of aromatic nitrogens is 2. The van der Waals surface area contributed by atoms with Gasteiger partial charge in [-0.3, -0.25) is 0 Å². The highest BCUT2D eigenvalue weighted by Crippen LogP contribution is 2.29. The Morgan fingerprint density at radius 2 is 1.64 bits per heavy atom. The molecule has 6 nitrogen and oxygen atoms in total. The van der Waals surface area contributed by atoms with Gasteiger partial charge in [0.1, 0.15) is 0 Å². The van der Waals surface area contributed by atoms with Gasteiger partial charge in [-0.05, 0) is 24.3 Å². The first-order chi connectivity index (χ1) is 10.2. The number of hydrogen-bond acceptors (Lipinski definition) is 5. The van der Waals surface area contributed by atoms with Crippen LogP contribution in [-0.2, 0) is 16.2 Å². The quantitative estimate of drug-likeness (QED) is 0.928. The summed E-state index contributed by atoms with van der Waals surface area (Å²) in [6.45, 7) is 0. The molecule has 0 spiro atoms. The first-order valence-electron chi connectivity index (χ1n) is 5.78. The predicted molar refractivity (Wildman–Crippen MR) is 70.8 cm³/mol. The number of benzene rings is 1. The molecule has 0 saturated heterocycles. The van der Waals surface area contributed by atoms with Crippen molar-refractivity contribution < 1.29 is 26.3 Å². The molecule has 10 heteroatoms. The molecule has 0 saturated carbocycles. The lowest BCUT2D eigenvalue weighted by atomic mass is 10.2. The van der Waals surface area contributed by atoms with Gasteiger partial charge >= 0.3 is 6.18 Å². The van der Waals surface area contributed by atoms with Gasteiger partial charge in [0.05, 0.1) is 30.0 Å². The van der Waals surface area contributed by atoms with Crippen LogP contribution in [-0.4, -0.2) is 25.5 Å². The maximum absolute atomic E-state index is 12.4. The van der Waals surface area contributed by atoms with Crippen molar-refractivity contribution in [1.29, 1.82) is 0 Å². The number of halogens is 3. The first-order valence-corrected chi connectivity index (χ1v) is 7.27. The highest BCUT2D eigenvalue weighted by Gasteiger charge is 2.30. The number of anilines is 1. The second-order valence-electron chi connectivity index (χ2n) is 4.07. The summed E-state index contributed by atoms with van der Waals surface area (Å²) in [4.78, 5) is 7.09. The molecule has 22 heavy (non-hydrogen) atoms. The maximum atomic E-state index is 12.4. The number of hydrogen-bond donors (Lipinski definition) is 1. The highest BCUT2D eigenvalue weighted by atomic mass is 32.2. The number of sulfonamides is 1. The third kappa shape index (κ3) is 3.64. The van der Waals surface area contributed by atoms with Crippen LogP contribution in [0.4, 0.5) is 19.1 Å². The fourth-order valence-electron chi connectivity index (χ4n) is 1.48. The molecule has 0 aliphatic carbocycles. The zero-order chi connectivity index (χ0) is 16.4. The lowest BCUT2D eigenvalue weighted by molar-refractivity contribution is -0.137. The van der Waals surface area contributed by atoms with Crippen LogP contribution in [0.1, 0.15) is 5.56 Å². The Kier molecular flexibility index (Phi) is 4.22. The number of alkyl halides is 3. The van der Waals surface area contributed by atoms with Gasteiger partial charge in [-0.15, -0.1) is 0 Å². The van der Waals surface area contributed by atoms with E-state index >= 15 is 0 Å². The van der Waals surface area contributed by atoms with Crippen LogP contribution in [0, 0.1) is 0 Å². The summed E-state index contributed by atoms with van der Waals surface area (Å²) >= 11 is 0. The highest BCUT2D eigenvalue weighted by molar-refractivity contribution is 7.92. The Balaban J connectivity index is 2.22. The minimum atomic E-state index is -4.53. The lowest BCUT2D eigenvalue weighted by Crippen LogP contribution is -2.15. The molecule has 2 rings (SSSR count). The normalized spacial score (nSPS) is 12.0. The minimum Gasteiger partial charge on any atom is -0.494 e. The van der Waals surface area contributed by atoms with E-state index in [-0.39, 0.29) is 10.8 Å². The fraction of sp³-hybridized carbons (Fsp3) is 0.167. The first kappa shape index (κ1) is 16.0. The molecular weight excluding hydrogens is 323 g/mol. The summed E-state index contributed by atoms with van der Waals surface area (Å²) in [5.74, 6) is 0.109. The van der Waals surface area contributed by atoms with Gasteiger partial charge in [-0.25, -0.2) is 23.1 Å². The zero-order valence-corrected chi connectivity index (χ0v) is 11.9. The number of rotatable bonds is 4. The number of methoxy groups -OCH3 is 1. The van der Waals surface area contributed by atoms with E-state index in [4.69, 9.17) is 4.74 Å². The van der Waals surface area contributed by atoms with Crippen molar-refractivity contribution in [2.45, 2.75) is 11.1 Å². The van der Waals surface area contributed by atoms with Crippen molar-refractivity contribution in [2.24, 2.45) is 0 Å². The Morgan fingerprint density at radius 3 is 2.09 bits per heavy atom. The Labute approximate surface area is 124 Å². The molecule has 2 aromatic rings. The molecule has 1 N–H and O–H groups in total. The second kappa shape index (κ2) is 5.79. The van der Waals surface area contributed by atoms with Crippen LogP contribution < -0.4 is 9.46 Å². The third-order valence-corrected chi connectivity index (χ3v) is 3.93. The Bertz CT molecular complexity index is 744. The molecular formula is C12H10F3N3O3S. The van der Waals surface area contributed by atoms with Crippen molar-refractivity contribution >= 4 is 16.0 Å². The SMILES string of the molecule is COc1cnc(NS(=O)(=O)c2ccc(C(F)(F)F)cc2)nc1. The van der Waals surface area contributed by atoms with Crippen LogP contribution >= 0.6 is 0 Å². The maximum Gasteiger partial charge on any atom is 0.416 e. The summed E-state index contributed by atoms with van der Waals surface area (Å²) in [5, 5.41) is 0. The van der Waals surface area contributed by atoms with E-state index < -0.39 is 21.8 Å². The van der Waals surface area contributed by atoms with Crippen molar-refractivity contribution in [1.82, 2.24) is 9.97 Å². The number of nitrogens with zero attached hydrogens (tertiary/aromatic N) is 2. The lowest BCUT2D eigenvalue weighted by Gasteiger charge is -2.09. The van der Waals surface area contributed by atoms with Gasteiger partial charge < -0.3 is 4.74 Å². The molecule has 118 valence electrons. The summed E-state index contributed by atoms with van der Waals surface area (Å²) in [6, 6.07) is 3.08. The minimum absolute atomic E-state index is 0.222. The summed E-state index contributed by atoms with van der Waals surface area (Å²) in [7, 11) is -2.68. The monoisotopic (exact) mass is 333 g/mol. The van der Waals surface area contributed by atoms with E-state index in [1.165, 1.54) is 19.5 Å². The Hall–Kier alpha value is -2.36. The third-order valence-electron chi connectivity index (χ3n) is 2.58. The largest absolute Gasteiger partial charge is 0.494 e. The van der Waals surface area contributed by atoms with Gasteiger partial charge in [0, 0.05) is 0 Å². The average molecular weight is 333 g/mol.